The first-order chi connectivity index (χ1) is 11.3. The van der Waals surface area contributed by atoms with E-state index in [9.17, 15) is 22.8 Å². The van der Waals surface area contributed by atoms with Gasteiger partial charge in [-0.15, -0.1) is 11.3 Å². The van der Waals surface area contributed by atoms with Crippen molar-refractivity contribution in [1.29, 1.82) is 0 Å². The van der Waals surface area contributed by atoms with Crippen LogP contribution in [0.5, 0.6) is 0 Å². The van der Waals surface area contributed by atoms with Gasteiger partial charge in [-0.2, -0.15) is 13.2 Å². The summed E-state index contributed by atoms with van der Waals surface area (Å²) in [4.78, 5) is 25.6. The minimum atomic E-state index is -4.46. The van der Waals surface area contributed by atoms with Gasteiger partial charge < -0.3 is 0 Å². The highest BCUT2D eigenvalue weighted by Crippen LogP contribution is 2.30. The van der Waals surface area contributed by atoms with Crippen molar-refractivity contribution in [1.82, 2.24) is 10.9 Å². The maximum absolute atomic E-state index is 12.5. The number of nitrogens with one attached hydrogen (secondary N) is 2. The fourth-order valence-electron chi connectivity index (χ4n) is 2.50. The molecule has 0 unspecified atom stereocenters. The predicted octanol–water partition coefficient (Wildman–Crippen LogP) is 3.33. The number of carbonyl (C=O) groups excluding carboxylic acids is 2. The number of hydrazine groups is 1. The van der Waals surface area contributed by atoms with Gasteiger partial charge in [0, 0.05) is 10.4 Å². The molecule has 0 aliphatic heterocycles. The molecule has 1 aliphatic rings. The molecule has 8 heteroatoms. The molecule has 2 amide bonds. The Kier molecular flexibility index (Phi) is 4.31. The van der Waals surface area contributed by atoms with Crippen molar-refractivity contribution in [3.63, 3.8) is 0 Å². The van der Waals surface area contributed by atoms with Crippen LogP contribution >= 0.6 is 11.3 Å². The van der Waals surface area contributed by atoms with Crippen molar-refractivity contribution in [2.75, 3.05) is 0 Å². The van der Waals surface area contributed by atoms with Crippen molar-refractivity contribution in [3.05, 3.63) is 56.8 Å². The number of hydrogen-bond acceptors (Lipinski definition) is 3. The molecule has 126 valence electrons. The number of halogens is 3. The molecule has 0 spiro atoms. The third kappa shape index (κ3) is 3.43. The Morgan fingerprint density at radius 2 is 1.67 bits per heavy atom. The van der Waals surface area contributed by atoms with Crippen molar-refractivity contribution >= 4 is 23.2 Å². The van der Waals surface area contributed by atoms with Crippen LogP contribution in [0.4, 0.5) is 13.2 Å². The lowest BCUT2D eigenvalue weighted by Gasteiger charge is -2.09. The number of hydrogen-bond donors (Lipinski definition) is 2. The lowest BCUT2D eigenvalue weighted by molar-refractivity contribution is -0.137. The quantitative estimate of drug-likeness (QED) is 0.813. The van der Waals surface area contributed by atoms with E-state index in [1.54, 1.807) is 0 Å². The zero-order valence-electron chi connectivity index (χ0n) is 12.4. The standard InChI is InChI=1S/C16H13F3N2O2S/c17-16(18,19)11-6-4-9(5-7-11)14(22)20-21-15(23)13-8-10-2-1-3-12(10)24-13/h4-8H,1-3H2,(H,20,22)(H,21,23). The highest BCUT2D eigenvalue weighted by molar-refractivity contribution is 7.14. The Bertz CT molecular complexity index is 760. The number of aryl methyl sites for hydroxylation is 2. The van der Waals surface area contributed by atoms with E-state index in [-0.39, 0.29) is 5.56 Å². The maximum atomic E-state index is 12.5. The molecule has 1 aromatic carbocycles. The van der Waals surface area contributed by atoms with Crippen molar-refractivity contribution in [2.45, 2.75) is 25.4 Å². The second kappa shape index (κ2) is 6.27. The molecule has 2 aromatic rings. The minimum Gasteiger partial charge on any atom is -0.267 e. The molecular formula is C16H13F3N2O2S. The summed E-state index contributed by atoms with van der Waals surface area (Å²) in [5.74, 6) is -1.11. The van der Waals surface area contributed by atoms with Crippen LogP contribution in [0.3, 0.4) is 0 Å². The Morgan fingerprint density at radius 1 is 1.00 bits per heavy atom. The summed E-state index contributed by atoms with van der Waals surface area (Å²) >= 11 is 1.39. The van der Waals surface area contributed by atoms with Gasteiger partial charge in [-0.25, -0.2) is 0 Å². The molecule has 24 heavy (non-hydrogen) atoms. The van der Waals surface area contributed by atoms with Crippen molar-refractivity contribution in [3.8, 4) is 0 Å². The molecule has 1 aromatic heterocycles. The summed E-state index contributed by atoms with van der Waals surface area (Å²) in [6.45, 7) is 0. The van der Waals surface area contributed by atoms with Crippen LogP contribution in [-0.4, -0.2) is 11.8 Å². The van der Waals surface area contributed by atoms with E-state index in [4.69, 9.17) is 0 Å². The Balaban J connectivity index is 1.59. The summed E-state index contributed by atoms with van der Waals surface area (Å²) in [5.41, 5.74) is 4.84. The van der Waals surface area contributed by atoms with E-state index in [0.29, 0.717) is 4.88 Å². The van der Waals surface area contributed by atoms with Gasteiger partial charge in [0.25, 0.3) is 11.8 Å². The summed E-state index contributed by atoms with van der Waals surface area (Å²) in [5, 5.41) is 0. The smallest absolute Gasteiger partial charge is 0.267 e. The fourth-order valence-corrected chi connectivity index (χ4v) is 3.65. The molecule has 1 aliphatic carbocycles. The molecule has 0 saturated heterocycles. The van der Waals surface area contributed by atoms with Gasteiger partial charge >= 0.3 is 6.18 Å². The second-order valence-electron chi connectivity index (χ2n) is 5.40. The predicted molar refractivity (Wildman–Crippen MR) is 82.7 cm³/mol. The lowest BCUT2D eigenvalue weighted by Crippen LogP contribution is -2.41. The number of fused-ring (bicyclic) bond motifs is 1. The van der Waals surface area contributed by atoms with E-state index in [1.165, 1.54) is 21.8 Å². The zero-order valence-corrected chi connectivity index (χ0v) is 13.2. The molecule has 0 radical (unpaired) electrons. The van der Waals surface area contributed by atoms with Crippen LogP contribution in [0.1, 0.15) is 42.5 Å². The van der Waals surface area contributed by atoms with Gasteiger partial charge in [0.1, 0.15) is 0 Å². The summed E-state index contributed by atoms with van der Waals surface area (Å²) in [7, 11) is 0. The van der Waals surface area contributed by atoms with Gasteiger partial charge in [-0.05, 0) is 55.2 Å². The molecule has 0 fully saturated rings. The molecule has 1 heterocycles. The SMILES string of the molecule is O=C(NNC(=O)c1cc2c(s1)CCC2)c1ccc(C(F)(F)F)cc1. The lowest BCUT2D eigenvalue weighted by atomic mass is 10.1. The summed E-state index contributed by atoms with van der Waals surface area (Å²) in [6, 6.07) is 5.57. The van der Waals surface area contributed by atoms with E-state index in [0.717, 1.165) is 43.5 Å². The largest absolute Gasteiger partial charge is 0.416 e. The molecule has 4 nitrogen and oxygen atoms in total. The molecule has 0 atom stereocenters. The van der Waals surface area contributed by atoms with E-state index in [1.807, 2.05) is 6.07 Å². The second-order valence-corrected chi connectivity index (χ2v) is 6.53. The number of thiophene rings is 1. The topological polar surface area (TPSA) is 58.2 Å². The van der Waals surface area contributed by atoms with Gasteiger partial charge in [-0.1, -0.05) is 0 Å². The molecule has 0 saturated carbocycles. The van der Waals surface area contributed by atoms with E-state index < -0.39 is 23.6 Å². The Labute approximate surface area is 139 Å². The summed E-state index contributed by atoms with van der Waals surface area (Å²) < 4.78 is 37.4. The van der Waals surface area contributed by atoms with Crippen LogP contribution < -0.4 is 10.9 Å². The fraction of sp³-hybridized carbons (Fsp3) is 0.250. The maximum Gasteiger partial charge on any atom is 0.416 e. The highest BCUT2D eigenvalue weighted by Gasteiger charge is 2.30. The first-order valence-electron chi connectivity index (χ1n) is 7.24. The average molecular weight is 354 g/mol. The number of rotatable bonds is 2. The third-order valence-electron chi connectivity index (χ3n) is 3.73. The Hall–Kier alpha value is -2.35. The highest BCUT2D eigenvalue weighted by atomic mass is 32.1. The van der Waals surface area contributed by atoms with E-state index >= 15 is 0 Å². The van der Waals surface area contributed by atoms with Crippen molar-refractivity contribution in [2.24, 2.45) is 0 Å². The summed E-state index contributed by atoms with van der Waals surface area (Å²) in [6.07, 6.45) is -1.45. The molecular weight excluding hydrogens is 341 g/mol. The molecule has 2 N–H and O–H groups in total. The van der Waals surface area contributed by atoms with Gasteiger partial charge in [0.05, 0.1) is 10.4 Å². The van der Waals surface area contributed by atoms with Crippen molar-refractivity contribution < 1.29 is 22.8 Å². The first kappa shape index (κ1) is 16.5. The number of amides is 2. The molecule has 0 bridgehead atoms. The van der Waals surface area contributed by atoms with E-state index in [2.05, 4.69) is 10.9 Å². The molecule has 3 rings (SSSR count). The van der Waals surface area contributed by atoms with Crippen LogP contribution in [-0.2, 0) is 19.0 Å². The Morgan fingerprint density at radius 3 is 2.29 bits per heavy atom. The van der Waals surface area contributed by atoms with Crippen LogP contribution in [0.25, 0.3) is 0 Å². The average Bonchev–Trinajstić information content (AvgIpc) is 3.13. The monoisotopic (exact) mass is 354 g/mol. The van der Waals surface area contributed by atoms with Gasteiger partial charge in [0.15, 0.2) is 0 Å². The van der Waals surface area contributed by atoms with Crippen LogP contribution in [0, 0.1) is 0 Å². The number of benzene rings is 1. The van der Waals surface area contributed by atoms with Crippen LogP contribution in [0.2, 0.25) is 0 Å². The van der Waals surface area contributed by atoms with Gasteiger partial charge in [0.2, 0.25) is 0 Å². The third-order valence-corrected chi connectivity index (χ3v) is 4.97. The minimum absolute atomic E-state index is 0.0250. The first-order valence-corrected chi connectivity index (χ1v) is 8.06. The zero-order chi connectivity index (χ0) is 17.3. The number of alkyl halides is 3. The number of carbonyl (C=O) groups is 2. The normalized spacial score (nSPS) is 13.5. The van der Waals surface area contributed by atoms with Crippen LogP contribution in [0.15, 0.2) is 30.3 Å². The van der Waals surface area contributed by atoms with Gasteiger partial charge in [-0.3, -0.25) is 20.4 Å².